The van der Waals surface area contributed by atoms with Crippen LogP contribution in [0.25, 0.3) is 11.6 Å². The van der Waals surface area contributed by atoms with Crippen molar-refractivity contribution in [1.82, 2.24) is 5.32 Å². The van der Waals surface area contributed by atoms with E-state index in [0.717, 1.165) is 23.4 Å². The average Bonchev–Trinajstić information content (AvgIpc) is 2.72. The first-order valence-electron chi connectivity index (χ1n) is 10.4. The van der Waals surface area contributed by atoms with Crippen LogP contribution < -0.4 is 15.1 Å². The first-order valence-corrected chi connectivity index (χ1v) is 11.2. The summed E-state index contributed by atoms with van der Waals surface area (Å²) in [5, 5.41) is 3.21. The predicted octanol–water partition coefficient (Wildman–Crippen LogP) is 5.19. The van der Waals surface area contributed by atoms with Crippen LogP contribution in [0.5, 0.6) is 0 Å². The van der Waals surface area contributed by atoms with Crippen molar-refractivity contribution in [2.75, 3.05) is 16.3 Å². The van der Waals surface area contributed by atoms with E-state index in [2.05, 4.69) is 50.1 Å². The van der Waals surface area contributed by atoms with Gasteiger partial charge in [-0.25, -0.2) is 0 Å². The number of carbonyl (C=O) groups excluding carboxylic acids is 2. The smallest absolute Gasteiger partial charge is 0.270 e. The zero-order valence-corrected chi connectivity index (χ0v) is 20.0. The van der Waals surface area contributed by atoms with Crippen LogP contribution >= 0.6 is 23.8 Å². The Bertz CT molecular complexity index is 1200. The van der Waals surface area contributed by atoms with E-state index in [4.69, 9.17) is 23.8 Å². The molecule has 2 aromatic carbocycles. The van der Waals surface area contributed by atoms with Crippen LogP contribution in [0.15, 0.2) is 54.1 Å². The molecular formula is C25H24ClN3O2S. The van der Waals surface area contributed by atoms with E-state index in [1.165, 1.54) is 10.5 Å². The number of thiocarbonyl (C=S) groups is 1. The number of amides is 2. The molecule has 164 valence electrons. The maximum absolute atomic E-state index is 13.2. The molecule has 0 spiro atoms. The number of halogens is 1. The molecule has 2 aromatic rings. The Hall–Kier alpha value is -2.96. The molecule has 0 atom stereocenters. The van der Waals surface area contributed by atoms with Gasteiger partial charge < -0.3 is 4.90 Å². The van der Waals surface area contributed by atoms with E-state index in [9.17, 15) is 9.59 Å². The number of hydrogen-bond donors (Lipinski definition) is 1. The summed E-state index contributed by atoms with van der Waals surface area (Å²) in [6, 6.07) is 12.7. The Morgan fingerprint density at radius 3 is 2.47 bits per heavy atom. The van der Waals surface area contributed by atoms with Gasteiger partial charge in [0.1, 0.15) is 5.57 Å². The molecule has 5 nitrogen and oxygen atoms in total. The maximum atomic E-state index is 13.2. The molecule has 2 aliphatic heterocycles. The second-order valence-electron chi connectivity index (χ2n) is 8.44. The van der Waals surface area contributed by atoms with E-state index in [1.54, 1.807) is 30.3 Å². The Balaban J connectivity index is 1.74. The number of rotatable bonds is 3. The summed E-state index contributed by atoms with van der Waals surface area (Å²) in [5.41, 5.74) is 4.66. The molecule has 32 heavy (non-hydrogen) atoms. The summed E-state index contributed by atoms with van der Waals surface area (Å²) in [5.74, 6) is -0.978. The van der Waals surface area contributed by atoms with Gasteiger partial charge in [0.15, 0.2) is 5.11 Å². The highest BCUT2D eigenvalue weighted by Gasteiger charge is 2.35. The highest BCUT2D eigenvalue weighted by molar-refractivity contribution is 7.80. The lowest BCUT2D eigenvalue weighted by atomic mass is 9.88. The lowest BCUT2D eigenvalue weighted by Gasteiger charge is -2.42. The largest absolute Gasteiger partial charge is 0.363 e. The third-order valence-corrected chi connectivity index (χ3v) is 6.35. The summed E-state index contributed by atoms with van der Waals surface area (Å²) in [7, 11) is 0. The van der Waals surface area contributed by atoms with Crippen LogP contribution in [-0.2, 0) is 9.59 Å². The third-order valence-electron chi connectivity index (χ3n) is 5.82. The molecule has 0 radical (unpaired) electrons. The summed E-state index contributed by atoms with van der Waals surface area (Å²) >= 11 is 11.2. The number of carbonyl (C=O) groups is 2. The zero-order chi connectivity index (χ0) is 23.2. The standard InChI is InChI=1S/C25H24ClN3O2S/c1-5-28-21-11-6-16(12-19(21)15(2)14-25(28,3)4)13-20-22(30)27-24(32)29(23(20)31)18-9-7-17(26)8-10-18/h6-14H,5H2,1-4H3,(H,27,30,32)/b20-13-. The van der Waals surface area contributed by atoms with Gasteiger partial charge in [0, 0.05) is 22.8 Å². The first-order chi connectivity index (χ1) is 15.1. The normalized spacial score (nSPS) is 19.1. The number of allylic oxidation sites excluding steroid dienone is 1. The van der Waals surface area contributed by atoms with Crippen molar-refractivity contribution in [3.8, 4) is 0 Å². The molecule has 0 aromatic heterocycles. The molecule has 0 aliphatic carbocycles. The first kappa shape index (κ1) is 22.2. The Kier molecular flexibility index (Phi) is 5.69. The van der Waals surface area contributed by atoms with E-state index in [-0.39, 0.29) is 16.2 Å². The third kappa shape index (κ3) is 3.85. The molecule has 0 bridgehead atoms. The number of likely N-dealkylation sites (N-methyl/N-ethyl adjacent to an activating group) is 1. The highest BCUT2D eigenvalue weighted by Crippen LogP contribution is 2.39. The Labute approximate surface area is 198 Å². The van der Waals surface area contributed by atoms with Crippen LogP contribution in [0.4, 0.5) is 11.4 Å². The van der Waals surface area contributed by atoms with E-state index in [1.807, 2.05) is 12.1 Å². The second kappa shape index (κ2) is 8.19. The fourth-order valence-corrected chi connectivity index (χ4v) is 4.82. The van der Waals surface area contributed by atoms with Gasteiger partial charge in [-0.15, -0.1) is 0 Å². The van der Waals surface area contributed by atoms with E-state index >= 15 is 0 Å². The number of fused-ring (bicyclic) bond motifs is 1. The molecule has 1 N–H and O–H groups in total. The average molecular weight is 466 g/mol. The van der Waals surface area contributed by atoms with Crippen molar-refractivity contribution in [3.63, 3.8) is 0 Å². The van der Waals surface area contributed by atoms with Crippen molar-refractivity contribution >= 4 is 63.8 Å². The minimum Gasteiger partial charge on any atom is -0.363 e. The van der Waals surface area contributed by atoms with Gasteiger partial charge in [-0.05, 0) is 93.5 Å². The molecule has 2 amide bonds. The fourth-order valence-electron chi connectivity index (χ4n) is 4.42. The van der Waals surface area contributed by atoms with Gasteiger partial charge in [-0.2, -0.15) is 0 Å². The monoisotopic (exact) mass is 465 g/mol. The number of hydrogen-bond acceptors (Lipinski definition) is 4. The topological polar surface area (TPSA) is 52.7 Å². The minimum atomic E-state index is -0.508. The molecule has 0 saturated carbocycles. The lowest BCUT2D eigenvalue weighted by Crippen LogP contribution is -2.54. The van der Waals surface area contributed by atoms with Crippen LogP contribution in [0.2, 0.25) is 5.02 Å². The molecule has 4 rings (SSSR count). The van der Waals surface area contributed by atoms with E-state index in [0.29, 0.717) is 10.7 Å². The van der Waals surface area contributed by atoms with Gasteiger partial charge in [0.25, 0.3) is 11.8 Å². The summed E-state index contributed by atoms with van der Waals surface area (Å²) in [4.78, 5) is 29.5. The van der Waals surface area contributed by atoms with Crippen molar-refractivity contribution in [2.24, 2.45) is 0 Å². The van der Waals surface area contributed by atoms with Crippen molar-refractivity contribution in [2.45, 2.75) is 33.2 Å². The molecule has 7 heteroatoms. The van der Waals surface area contributed by atoms with Gasteiger partial charge in [0.2, 0.25) is 0 Å². The number of nitrogens with one attached hydrogen (secondary N) is 1. The van der Waals surface area contributed by atoms with Gasteiger partial charge >= 0.3 is 0 Å². The van der Waals surface area contributed by atoms with Gasteiger partial charge in [-0.3, -0.25) is 19.8 Å². The van der Waals surface area contributed by atoms with Crippen molar-refractivity contribution in [1.29, 1.82) is 0 Å². The number of nitrogens with zero attached hydrogens (tertiary/aromatic N) is 2. The maximum Gasteiger partial charge on any atom is 0.270 e. The quantitative estimate of drug-likeness (QED) is 0.385. The molecule has 1 fully saturated rings. The second-order valence-corrected chi connectivity index (χ2v) is 9.26. The molecule has 1 saturated heterocycles. The predicted molar refractivity (Wildman–Crippen MR) is 135 cm³/mol. The zero-order valence-electron chi connectivity index (χ0n) is 18.4. The summed E-state index contributed by atoms with van der Waals surface area (Å²) in [6.45, 7) is 9.48. The lowest BCUT2D eigenvalue weighted by molar-refractivity contribution is -0.122. The summed E-state index contributed by atoms with van der Waals surface area (Å²) < 4.78 is 0. The van der Waals surface area contributed by atoms with Gasteiger partial charge in [0.05, 0.1) is 11.2 Å². The van der Waals surface area contributed by atoms with Crippen LogP contribution in [-0.4, -0.2) is 29.0 Å². The van der Waals surface area contributed by atoms with Crippen LogP contribution in [0.3, 0.4) is 0 Å². The number of benzene rings is 2. The van der Waals surface area contributed by atoms with Crippen molar-refractivity contribution < 1.29 is 9.59 Å². The number of anilines is 2. The molecule has 2 aliphatic rings. The fraction of sp³-hybridized carbons (Fsp3) is 0.240. The molecule has 0 unspecified atom stereocenters. The SMILES string of the molecule is CCN1c2ccc(/C=C3/C(=O)NC(=S)N(c4ccc(Cl)cc4)C3=O)cc2C(C)=CC1(C)C. The molecule has 2 heterocycles. The van der Waals surface area contributed by atoms with E-state index < -0.39 is 11.8 Å². The van der Waals surface area contributed by atoms with Gasteiger partial charge in [-0.1, -0.05) is 23.7 Å². The summed E-state index contributed by atoms with van der Waals surface area (Å²) in [6.07, 6.45) is 3.86. The van der Waals surface area contributed by atoms with Crippen LogP contribution in [0.1, 0.15) is 38.8 Å². The van der Waals surface area contributed by atoms with Crippen LogP contribution in [0, 0.1) is 0 Å². The van der Waals surface area contributed by atoms with Crippen molar-refractivity contribution in [3.05, 3.63) is 70.3 Å². The molecular weight excluding hydrogens is 442 g/mol. The Morgan fingerprint density at radius 2 is 1.81 bits per heavy atom. The highest BCUT2D eigenvalue weighted by atomic mass is 35.5. The Morgan fingerprint density at radius 1 is 1.12 bits per heavy atom. The minimum absolute atomic E-state index is 0.0265.